The van der Waals surface area contributed by atoms with Gasteiger partial charge in [-0.1, -0.05) is 27.5 Å². The fraction of sp³-hybridized carbons (Fsp3) is 0.167. The first-order chi connectivity index (χ1) is 8.63. The molecule has 1 N–H and O–H groups in total. The Morgan fingerprint density at radius 3 is 2.78 bits per heavy atom. The van der Waals surface area contributed by atoms with E-state index >= 15 is 0 Å². The highest BCUT2D eigenvalue weighted by Gasteiger charge is 2.20. The van der Waals surface area contributed by atoms with Crippen LogP contribution in [0.3, 0.4) is 0 Å². The number of ether oxygens (including phenoxy) is 1. The molecular weight excluding hydrogens is 320 g/mol. The summed E-state index contributed by atoms with van der Waals surface area (Å²) in [4.78, 5) is 8.10. The lowest BCUT2D eigenvalue weighted by atomic mass is 10.1. The first-order valence-corrected chi connectivity index (χ1v) is 6.28. The molecule has 94 valence electrons. The Labute approximate surface area is 118 Å². The lowest BCUT2D eigenvalue weighted by molar-refractivity contribution is 0.207. The van der Waals surface area contributed by atoms with Gasteiger partial charge in [-0.25, -0.2) is 4.98 Å². The standard InChI is InChI=1S/C12H10BrClN2O2/c1-18-12-10(15-4-5-16-12)11(17)8-6-7(14)2-3-9(8)13/h2-6,11,17H,1H3. The Morgan fingerprint density at radius 1 is 1.33 bits per heavy atom. The lowest BCUT2D eigenvalue weighted by Gasteiger charge is -2.14. The highest BCUT2D eigenvalue weighted by atomic mass is 79.9. The van der Waals surface area contributed by atoms with Crippen LogP contribution >= 0.6 is 27.5 Å². The van der Waals surface area contributed by atoms with Crippen molar-refractivity contribution in [2.24, 2.45) is 0 Å². The van der Waals surface area contributed by atoms with Gasteiger partial charge >= 0.3 is 0 Å². The van der Waals surface area contributed by atoms with Crippen LogP contribution in [0.4, 0.5) is 0 Å². The predicted molar refractivity (Wildman–Crippen MR) is 71.8 cm³/mol. The van der Waals surface area contributed by atoms with Gasteiger partial charge in [0, 0.05) is 27.5 Å². The van der Waals surface area contributed by atoms with Crippen molar-refractivity contribution in [1.29, 1.82) is 0 Å². The van der Waals surface area contributed by atoms with Gasteiger partial charge < -0.3 is 9.84 Å². The van der Waals surface area contributed by atoms with E-state index in [9.17, 15) is 5.11 Å². The zero-order chi connectivity index (χ0) is 13.1. The number of benzene rings is 1. The zero-order valence-corrected chi connectivity index (χ0v) is 11.8. The number of hydrogen-bond acceptors (Lipinski definition) is 4. The predicted octanol–water partition coefficient (Wildman–Crippen LogP) is 2.98. The molecular formula is C12H10BrClN2O2. The van der Waals surface area contributed by atoms with Gasteiger partial charge in [0.05, 0.1) is 7.11 Å². The summed E-state index contributed by atoms with van der Waals surface area (Å²) < 4.78 is 5.82. The van der Waals surface area contributed by atoms with Crippen LogP contribution in [0.2, 0.25) is 5.02 Å². The third kappa shape index (κ3) is 2.63. The zero-order valence-electron chi connectivity index (χ0n) is 9.47. The molecule has 0 aliphatic heterocycles. The lowest BCUT2D eigenvalue weighted by Crippen LogP contribution is -2.06. The van der Waals surface area contributed by atoms with E-state index in [0.29, 0.717) is 16.3 Å². The summed E-state index contributed by atoms with van der Waals surface area (Å²) >= 11 is 9.29. The Balaban J connectivity index is 2.47. The molecule has 0 bridgehead atoms. The molecule has 0 amide bonds. The fourth-order valence-electron chi connectivity index (χ4n) is 1.55. The van der Waals surface area contributed by atoms with Crippen molar-refractivity contribution >= 4 is 27.5 Å². The number of aliphatic hydroxyl groups excluding tert-OH is 1. The molecule has 1 unspecified atom stereocenters. The maximum Gasteiger partial charge on any atom is 0.238 e. The molecule has 0 fully saturated rings. The number of aromatic nitrogens is 2. The largest absolute Gasteiger partial charge is 0.480 e. The molecule has 2 rings (SSSR count). The fourth-order valence-corrected chi connectivity index (χ4v) is 2.20. The molecule has 1 aromatic heterocycles. The molecule has 1 atom stereocenters. The number of rotatable bonds is 3. The maximum atomic E-state index is 10.3. The van der Waals surface area contributed by atoms with Crippen LogP contribution < -0.4 is 4.74 Å². The summed E-state index contributed by atoms with van der Waals surface area (Å²) in [5, 5.41) is 10.9. The van der Waals surface area contributed by atoms with Crippen molar-refractivity contribution in [2.75, 3.05) is 7.11 Å². The number of halogens is 2. The minimum absolute atomic E-state index is 0.289. The highest BCUT2D eigenvalue weighted by Crippen LogP contribution is 2.32. The molecule has 0 spiro atoms. The average molecular weight is 330 g/mol. The number of nitrogens with zero attached hydrogens (tertiary/aromatic N) is 2. The second kappa shape index (κ2) is 5.65. The van der Waals surface area contributed by atoms with E-state index in [1.807, 2.05) is 0 Å². The number of hydrogen-bond donors (Lipinski definition) is 1. The van der Waals surface area contributed by atoms with Crippen LogP contribution in [0, 0.1) is 0 Å². The van der Waals surface area contributed by atoms with Crippen LogP contribution in [-0.4, -0.2) is 22.2 Å². The highest BCUT2D eigenvalue weighted by molar-refractivity contribution is 9.10. The summed E-state index contributed by atoms with van der Waals surface area (Å²) in [6.45, 7) is 0. The number of methoxy groups -OCH3 is 1. The quantitative estimate of drug-likeness (QED) is 0.940. The molecule has 1 aromatic carbocycles. The van der Waals surface area contributed by atoms with E-state index in [0.717, 1.165) is 4.47 Å². The van der Waals surface area contributed by atoms with Crippen LogP contribution in [0.15, 0.2) is 35.1 Å². The third-order valence-electron chi connectivity index (χ3n) is 2.40. The minimum Gasteiger partial charge on any atom is -0.480 e. The Bertz CT molecular complexity index is 566. The maximum absolute atomic E-state index is 10.3. The average Bonchev–Trinajstić information content (AvgIpc) is 2.40. The number of aliphatic hydroxyl groups is 1. The summed E-state index contributed by atoms with van der Waals surface area (Å²) in [6.07, 6.45) is 2.04. The molecule has 0 saturated heterocycles. The van der Waals surface area contributed by atoms with Crippen molar-refractivity contribution in [3.63, 3.8) is 0 Å². The van der Waals surface area contributed by atoms with Crippen LogP contribution in [0.1, 0.15) is 17.4 Å². The van der Waals surface area contributed by atoms with Gasteiger partial charge in [0.1, 0.15) is 11.8 Å². The van der Waals surface area contributed by atoms with Gasteiger partial charge in [0.25, 0.3) is 0 Å². The van der Waals surface area contributed by atoms with Crippen molar-refractivity contribution in [3.05, 3.63) is 51.3 Å². The molecule has 4 nitrogen and oxygen atoms in total. The molecule has 0 saturated carbocycles. The van der Waals surface area contributed by atoms with Gasteiger partial charge in [0.15, 0.2) is 0 Å². The summed E-state index contributed by atoms with van der Waals surface area (Å²) in [6, 6.07) is 5.17. The normalized spacial score (nSPS) is 12.2. The van der Waals surface area contributed by atoms with E-state index in [1.165, 1.54) is 19.5 Å². The summed E-state index contributed by atoms with van der Waals surface area (Å²) in [7, 11) is 1.48. The topological polar surface area (TPSA) is 55.2 Å². The van der Waals surface area contributed by atoms with Crippen LogP contribution in [0.5, 0.6) is 5.88 Å². The molecule has 18 heavy (non-hydrogen) atoms. The summed E-state index contributed by atoms with van der Waals surface area (Å²) in [5.41, 5.74) is 0.962. The van der Waals surface area contributed by atoms with Crippen LogP contribution in [-0.2, 0) is 0 Å². The monoisotopic (exact) mass is 328 g/mol. The van der Waals surface area contributed by atoms with E-state index in [2.05, 4.69) is 25.9 Å². The van der Waals surface area contributed by atoms with E-state index in [-0.39, 0.29) is 5.88 Å². The third-order valence-corrected chi connectivity index (χ3v) is 3.35. The molecule has 0 aliphatic carbocycles. The van der Waals surface area contributed by atoms with Gasteiger partial charge in [-0.05, 0) is 18.2 Å². The molecule has 0 radical (unpaired) electrons. The van der Waals surface area contributed by atoms with Gasteiger partial charge in [0.2, 0.25) is 5.88 Å². The van der Waals surface area contributed by atoms with Crippen molar-refractivity contribution in [3.8, 4) is 5.88 Å². The van der Waals surface area contributed by atoms with Gasteiger partial charge in [-0.15, -0.1) is 0 Å². The second-order valence-electron chi connectivity index (χ2n) is 3.52. The minimum atomic E-state index is -0.957. The Hall–Kier alpha value is -1.17. The summed E-state index contributed by atoms with van der Waals surface area (Å²) in [5.74, 6) is 0.289. The smallest absolute Gasteiger partial charge is 0.238 e. The first kappa shape index (κ1) is 13.3. The van der Waals surface area contributed by atoms with Crippen LogP contribution in [0.25, 0.3) is 0 Å². The SMILES string of the molecule is COc1nccnc1C(O)c1cc(Cl)ccc1Br. The van der Waals surface area contributed by atoms with E-state index in [4.69, 9.17) is 16.3 Å². The van der Waals surface area contributed by atoms with E-state index in [1.54, 1.807) is 18.2 Å². The van der Waals surface area contributed by atoms with E-state index < -0.39 is 6.10 Å². The molecule has 1 heterocycles. The Kier molecular flexibility index (Phi) is 4.16. The van der Waals surface area contributed by atoms with Gasteiger partial charge in [-0.2, -0.15) is 0 Å². The van der Waals surface area contributed by atoms with Crippen molar-refractivity contribution in [2.45, 2.75) is 6.10 Å². The van der Waals surface area contributed by atoms with Gasteiger partial charge in [-0.3, -0.25) is 4.98 Å². The van der Waals surface area contributed by atoms with Crippen molar-refractivity contribution < 1.29 is 9.84 Å². The molecule has 6 heteroatoms. The van der Waals surface area contributed by atoms with Crippen molar-refractivity contribution in [1.82, 2.24) is 9.97 Å². The molecule has 2 aromatic rings. The molecule has 0 aliphatic rings. The second-order valence-corrected chi connectivity index (χ2v) is 4.81. The Morgan fingerprint density at radius 2 is 2.06 bits per heavy atom. The first-order valence-electron chi connectivity index (χ1n) is 5.11.